The molecule has 0 heterocycles. The van der Waals surface area contributed by atoms with E-state index in [9.17, 15) is 9.59 Å². The average molecular weight is 305 g/mol. The van der Waals surface area contributed by atoms with Gasteiger partial charge in [0.1, 0.15) is 0 Å². The molecule has 0 spiro atoms. The van der Waals surface area contributed by atoms with Gasteiger partial charge in [-0.3, -0.25) is 10.1 Å². The highest BCUT2D eigenvalue weighted by molar-refractivity contribution is 5.95. The van der Waals surface area contributed by atoms with Gasteiger partial charge in [-0.25, -0.2) is 4.79 Å². The minimum atomic E-state index is -0.443. The lowest BCUT2D eigenvalue weighted by Crippen LogP contribution is -2.46. The molecule has 0 aromatic heterocycles. The Kier molecular flexibility index (Phi) is 7.60. The summed E-state index contributed by atoms with van der Waals surface area (Å²) in [5, 5.41) is 8.26. The Morgan fingerprint density at radius 2 is 1.73 bits per heavy atom. The van der Waals surface area contributed by atoms with Crippen molar-refractivity contribution in [1.29, 1.82) is 0 Å². The van der Waals surface area contributed by atoms with Crippen molar-refractivity contribution in [2.45, 2.75) is 46.2 Å². The van der Waals surface area contributed by atoms with Gasteiger partial charge in [0.05, 0.1) is 6.54 Å². The number of carbonyl (C=O) groups excluding carboxylic acids is 2. The first-order chi connectivity index (χ1) is 10.4. The van der Waals surface area contributed by atoms with Crippen LogP contribution in [0.2, 0.25) is 0 Å². The second kappa shape index (κ2) is 9.20. The highest BCUT2D eigenvalue weighted by Gasteiger charge is 2.17. The van der Waals surface area contributed by atoms with Crippen molar-refractivity contribution < 1.29 is 9.59 Å². The molecule has 0 aliphatic heterocycles. The lowest BCUT2D eigenvalue weighted by molar-refractivity contribution is -0.119. The second-order valence-electron chi connectivity index (χ2n) is 5.84. The molecule has 1 aromatic carbocycles. The fourth-order valence-corrected chi connectivity index (χ4v) is 2.13. The Morgan fingerprint density at radius 3 is 2.27 bits per heavy atom. The molecule has 3 N–H and O–H groups in total. The van der Waals surface area contributed by atoms with Crippen LogP contribution in [0, 0.1) is 5.92 Å². The summed E-state index contributed by atoms with van der Waals surface area (Å²) in [5.41, 5.74) is 1.13. The summed E-state index contributed by atoms with van der Waals surface area (Å²) in [5.74, 6) is 0.00604. The van der Waals surface area contributed by atoms with Crippen LogP contribution in [-0.2, 0) is 4.79 Å². The second-order valence-corrected chi connectivity index (χ2v) is 5.84. The minimum absolute atomic E-state index is 0.0495. The van der Waals surface area contributed by atoms with Crippen LogP contribution in [0.3, 0.4) is 0 Å². The summed E-state index contributed by atoms with van der Waals surface area (Å²) in [6.07, 6.45) is 0.823. The summed E-state index contributed by atoms with van der Waals surface area (Å²) < 4.78 is 0. The molecule has 0 radical (unpaired) electrons. The van der Waals surface area contributed by atoms with E-state index in [1.807, 2.05) is 44.2 Å². The Bertz CT molecular complexity index is 474. The normalized spacial score (nSPS) is 13.5. The van der Waals surface area contributed by atoms with Gasteiger partial charge in [0.15, 0.2) is 0 Å². The van der Waals surface area contributed by atoms with Gasteiger partial charge in [0.25, 0.3) is 0 Å². The first-order valence-corrected chi connectivity index (χ1v) is 7.82. The van der Waals surface area contributed by atoms with Crippen molar-refractivity contribution in [3.63, 3.8) is 0 Å². The molecule has 0 unspecified atom stereocenters. The number of benzene rings is 1. The highest BCUT2D eigenvalue weighted by atomic mass is 16.2. The van der Waals surface area contributed by atoms with E-state index in [-0.39, 0.29) is 24.5 Å². The number of urea groups is 1. The number of hydrogen-bond acceptors (Lipinski definition) is 3. The number of nitrogens with one attached hydrogen (secondary N) is 3. The SMILES string of the molecule is CC[C@H](C)NC(=O)NC(=O)CN[C@@H](c1ccccc1)C(C)C. The van der Waals surface area contributed by atoms with Gasteiger partial charge in [0.2, 0.25) is 5.91 Å². The van der Waals surface area contributed by atoms with Gasteiger partial charge in [-0.1, -0.05) is 51.1 Å². The van der Waals surface area contributed by atoms with E-state index in [0.717, 1.165) is 12.0 Å². The van der Waals surface area contributed by atoms with Crippen LogP contribution in [-0.4, -0.2) is 24.5 Å². The van der Waals surface area contributed by atoms with Crippen LogP contribution in [0.4, 0.5) is 4.79 Å². The molecule has 122 valence electrons. The summed E-state index contributed by atoms with van der Waals surface area (Å²) in [6.45, 7) is 8.16. The maximum atomic E-state index is 11.8. The molecule has 22 heavy (non-hydrogen) atoms. The maximum Gasteiger partial charge on any atom is 0.321 e. The van der Waals surface area contributed by atoms with Crippen molar-refractivity contribution in [1.82, 2.24) is 16.0 Å². The summed E-state index contributed by atoms with van der Waals surface area (Å²) in [6, 6.07) is 9.67. The van der Waals surface area contributed by atoms with Gasteiger partial charge >= 0.3 is 6.03 Å². The molecule has 0 saturated heterocycles. The van der Waals surface area contributed by atoms with Crippen LogP contribution in [0.1, 0.15) is 45.7 Å². The van der Waals surface area contributed by atoms with E-state index in [1.54, 1.807) is 0 Å². The number of amides is 3. The molecule has 1 aromatic rings. The standard InChI is InChI=1S/C17H27N3O2/c1-5-13(4)19-17(22)20-15(21)11-18-16(12(2)3)14-9-7-6-8-10-14/h6-10,12-13,16,18H,5,11H2,1-4H3,(H2,19,20,21,22)/t13-,16+/m0/s1. The molecule has 0 aliphatic rings. The molecule has 0 aliphatic carbocycles. The van der Waals surface area contributed by atoms with Crippen LogP contribution >= 0.6 is 0 Å². The van der Waals surface area contributed by atoms with E-state index in [1.165, 1.54) is 0 Å². The minimum Gasteiger partial charge on any atom is -0.335 e. The van der Waals surface area contributed by atoms with Crippen LogP contribution in [0.5, 0.6) is 0 Å². The van der Waals surface area contributed by atoms with E-state index in [2.05, 4.69) is 29.8 Å². The van der Waals surface area contributed by atoms with Crippen LogP contribution in [0.25, 0.3) is 0 Å². The number of rotatable bonds is 7. The Hall–Kier alpha value is -1.88. The van der Waals surface area contributed by atoms with E-state index in [0.29, 0.717) is 5.92 Å². The third kappa shape index (κ3) is 6.26. The number of imide groups is 1. The third-order valence-electron chi connectivity index (χ3n) is 3.55. The molecule has 0 saturated carbocycles. The number of hydrogen-bond donors (Lipinski definition) is 3. The van der Waals surface area contributed by atoms with Crippen molar-refractivity contribution >= 4 is 11.9 Å². The largest absolute Gasteiger partial charge is 0.335 e. The van der Waals surface area contributed by atoms with Gasteiger partial charge in [-0.15, -0.1) is 0 Å². The van der Waals surface area contributed by atoms with Crippen molar-refractivity contribution in [2.75, 3.05) is 6.54 Å². The lowest BCUT2D eigenvalue weighted by Gasteiger charge is -2.22. The summed E-state index contributed by atoms with van der Waals surface area (Å²) in [4.78, 5) is 23.4. The molecule has 3 amide bonds. The zero-order valence-corrected chi connectivity index (χ0v) is 13.8. The molecule has 0 fully saturated rings. The Labute approximate surface area is 132 Å². The topological polar surface area (TPSA) is 70.2 Å². The Morgan fingerprint density at radius 1 is 1.09 bits per heavy atom. The van der Waals surface area contributed by atoms with E-state index >= 15 is 0 Å². The highest BCUT2D eigenvalue weighted by Crippen LogP contribution is 2.20. The quantitative estimate of drug-likeness (QED) is 0.725. The van der Waals surface area contributed by atoms with Crippen LogP contribution < -0.4 is 16.0 Å². The first-order valence-electron chi connectivity index (χ1n) is 7.82. The molecule has 2 atom stereocenters. The summed E-state index contributed by atoms with van der Waals surface area (Å²) in [7, 11) is 0. The molecule has 5 nitrogen and oxygen atoms in total. The fraction of sp³-hybridized carbons (Fsp3) is 0.529. The molecular weight excluding hydrogens is 278 g/mol. The third-order valence-corrected chi connectivity index (χ3v) is 3.55. The fourth-order valence-electron chi connectivity index (χ4n) is 2.13. The van der Waals surface area contributed by atoms with Crippen molar-refractivity contribution in [3.8, 4) is 0 Å². The van der Waals surface area contributed by atoms with Gasteiger partial charge in [-0.05, 0) is 24.8 Å². The predicted molar refractivity (Wildman–Crippen MR) is 88.5 cm³/mol. The van der Waals surface area contributed by atoms with Crippen molar-refractivity contribution in [3.05, 3.63) is 35.9 Å². The smallest absolute Gasteiger partial charge is 0.321 e. The van der Waals surface area contributed by atoms with Gasteiger partial charge < -0.3 is 10.6 Å². The predicted octanol–water partition coefficient (Wildman–Crippen LogP) is 2.60. The lowest BCUT2D eigenvalue weighted by atomic mass is 9.96. The Balaban J connectivity index is 2.49. The zero-order chi connectivity index (χ0) is 16.5. The van der Waals surface area contributed by atoms with Crippen molar-refractivity contribution in [2.24, 2.45) is 5.92 Å². The summed E-state index contributed by atoms with van der Waals surface area (Å²) >= 11 is 0. The van der Waals surface area contributed by atoms with Crippen LogP contribution in [0.15, 0.2) is 30.3 Å². The monoisotopic (exact) mass is 305 g/mol. The molecule has 5 heteroatoms. The van der Waals surface area contributed by atoms with E-state index < -0.39 is 6.03 Å². The molecular formula is C17H27N3O2. The first kappa shape index (κ1) is 18.2. The average Bonchev–Trinajstić information content (AvgIpc) is 2.47. The van der Waals surface area contributed by atoms with Gasteiger partial charge in [0, 0.05) is 12.1 Å². The maximum absolute atomic E-state index is 11.8. The van der Waals surface area contributed by atoms with Gasteiger partial charge in [-0.2, -0.15) is 0 Å². The zero-order valence-electron chi connectivity index (χ0n) is 13.8. The molecule has 0 bridgehead atoms. The van der Waals surface area contributed by atoms with E-state index in [4.69, 9.17) is 0 Å². The number of carbonyl (C=O) groups is 2. The molecule has 1 rings (SSSR count).